The summed E-state index contributed by atoms with van der Waals surface area (Å²) in [6.45, 7) is 5.23. The number of nitrogens with one attached hydrogen (secondary N) is 1. The van der Waals surface area contributed by atoms with Crippen LogP contribution >= 0.6 is 0 Å². The van der Waals surface area contributed by atoms with Gasteiger partial charge in [-0.3, -0.25) is 4.79 Å². The minimum absolute atomic E-state index is 0.0948. The summed E-state index contributed by atoms with van der Waals surface area (Å²) >= 11 is 0. The number of benzene rings is 2. The van der Waals surface area contributed by atoms with Crippen molar-refractivity contribution < 1.29 is 32.6 Å². The third-order valence-electron chi connectivity index (χ3n) is 5.87. The standard InChI is InChI=1S/C24H28F3NO4/c1-23(2,3)20(22(30)31)28-21(29)18-6-4-15-12-16(25)5-7-17(15)19(18)32-13-14-8-10-24(26,27)11-9-14/h4-7,12,14,20H,8-11,13H2,1-3H3,(H,28,29)(H,30,31)/t20-/m1/s1. The van der Waals surface area contributed by atoms with Gasteiger partial charge in [-0.05, 0) is 53.8 Å². The Morgan fingerprint density at radius 1 is 1.19 bits per heavy atom. The molecule has 32 heavy (non-hydrogen) atoms. The number of fused-ring (bicyclic) bond motifs is 1. The van der Waals surface area contributed by atoms with Gasteiger partial charge in [0.05, 0.1) is 12.2 Å². The van der Waals surface area contributed by atoms with Crippen molar-refractivity contribution in [3.8, 4) is 5.75 Å². The fourth-order valence-electron chi connectivity index (χ4n) is 3.93. The van der Waals surface area contributed by atoms with Gasteiger partial charge < -0.3 is 15.2 Å². The Bertz CT molecular complexity index is 1010. The van der Waals surface area contributed by atoms with Crippen molar-refractivity contribution in [2.24, 2.45) is 11.3 Å². The second-order valence-electron chi connectivity index (χ2n) is 9.53. The number of alkyl halides is 2. The normalized spacial score (nSPS) is 17.7. The number of carboxylic acids is 1. The minimum Gasteiger partial charge on any atom is -0.492 e. The molecule has 0 saturated heterocycles. The Hall–Kier alpha value is -2.77. The molecule has 0 aromatic heterocycles. The summed E-state index contributed by atoms with van der Waals surface area (Å²) in [4.78, 5) is 24.7. The second-order valence-corrected chi connectivity index (χ2v) is 9.53. The van der Waals surface area contributed by atoms with Crippen molar-refractivity contribution in [2.45, 2.75) is 58.4 Å². The van der Waals surface area contributed by atoms with Crippen molar-refractivity contribution in [2.75, 3.05) is 6.61 Å². The highest BCUT2D eigenvalue weighted by molar-refractivity contribution is 6.05. The summed E-state index contributed by atoms with van der Waals surface area (Å²) < 4.78 is 46.6. The molecule has 1 aliphatic rings. The smallest absolute Gasteiger partial charge is 0.326 e. The molecule has 3 rings (SSSR count). The molecule has 1 saturated carbocycles. The average Bonchev–Trinajstić information content (AvgIpc) is 2.69. The largest absolute Gasteiger partial charge is 0.492 e. The van der Waals surface area contributed by atoms with E-state index in [0.717, 1.165) is 0 Å². The van der Waals surface area contributed by atoms with Crippen LogP contribution in [0.2, 0.25) is 0 Å². The van der Waals surface area contributed by atoms with E-state index in [-0.39, 0.29) is 36.7 Å². The Labute approximate surface area is 184 Å². The Kier molecular flexibility index (Phi) is 6.72. The molecule has 1 atom stereocenters. The summed E-state index contributed by atoms with van der Waals surface area (Å²) in [5, 5.41) is 13.1. The van der Waals surface area contributed by atoms with Gasteiger partial charge in [0.2, 0.25) is 5.92 Å². The summed E-state index contributed by atoms with van der Waals surface area (Å²) in [6.07, 6.45) is 0.195. The van der Waals surface area contributed by atoms with Crippen molar-refractivity contribution >= 4 is 22.6 Å². The van der Waals surface area contributed by atoms with E-state index in [9.17, 15) is 27.9 Å². The first-order valence-electron chi connectivity index (χ1n) is 10.6. The zero-order valence-corrected chi connectivity index (χ0v) is 18.4. The lowest BCUT2D eigenvalue weighted by molar-refractivity contribution is -0.142. The van der Waals surface area contributed by atoms with Crippen LogP contribution in [0.25, 0.3) is 10.8 Å². The lowest BCUT2D eigenvalue weighted by Crippen LogP contribution is -2.49. The molecular weight excluding hydrogens is 423 g/mol. The monoisotopic (exact) mass is 451 g/mol. The summed E-state index contributed by atoms with van der Waals surface area (Å²) in [7, 11) is 0. The number of carbonyl (C=O) groups is 2. The van der Waals surface area contributed by atoms with E-state index >= 15 is 0 Å². The van der Waals surface area contributed by atoms with Gasteiger partial charge in [-0.2, -0.15) is 0 Å². The molecule has 5 nitrogen and oxygen atoms in total. The molecule has 2 aromatic carbocycles. The van der Waals surface area contributed by atoms with Gasteiger partial charge in [0, 0.05) is 18.2 Å². The summed E-state index contributed by atoms with van der Waals surface area (Å²) in [5.41, 5.74) is -0.628. The number of hydrogen-bond donors (Lipinski definition) is 2. The number of hydrogen-bond acceptors (Lipinski definition) is 3. The van der Waals surface area contributed by atoms with Crippen LogP contribution in [-0.4, -0.2) is 35.6 Å². The fourth-order valence-corrected chi connectivity index (χ4v) is 3.93. The Morgan fingerprint density at radius 2 is 1.84 bits per heavy atom. The second kappa shape index (κ2) is 9.00. The molecule has 1 fully saturated rings. The quantitative estimate of drug-likeness (QED) is 0.616. The Balaban J connectivity index is 1.91. The van der Waals surface area contributed by atoms with Gasteiger partial charge in [-0.25, -0.2) is 18.0 Å². The number of carbonyl (C=O) groups excluding carboxylic acids is 1. The lowest BCUT2D eigenvalue weighted by atomic mass is 9.86. The molecule has 1 aliphatic carbocycles. The predicted molar refractivity (Wildman–Crippen MR) is 115 cm³/mol. The van der Waals surface area contributed by atoms with Crippen LogP contribution in [0, 0.1) is 17.2 Å². The van der Waals surface area contributed by atoms with Gasteiger partial charge in [0.25, 0.3) is 5.91 Å². The summed E-state index contributed by atoms with van der Waals surface area (Å²) in [6, 6.07) is 5.92. The molecule has 174 valence electrons. The highest BCUT2D eigenvalue weighted by Crippen LogP contribution is 2.37. The number of aliphatic carboxylic acids is 1. The van der Waals surface area contributed by atoms with Crippen molar-refractivity contribution in [3.63, 3.8) is 0 Å². The molecule has 0 radical (unpaired) electrons. The van der Waals surface area contributed by atoms with Gasteiger partial charge in [-0.15, -0.1) is 0 Å². The number of ether oxygens (including phenoxy) is 1. The highest BCUT2D eigenvalue weighted by Gasteiger charge is 2.36. The minimum atomic E-state index is -2.66. The summed E-state index contributed by atoms with van der Waals surface area (Å²) in [5.74, 6) is -4.81. The van der Waals surface area contributed by atoms with Gasteiger partial charge in [0.15, 0.2) is 0 Å². The molecule has 0 spiro atoms. The molecule has 0 unspecified atom stereocenters. The number of halogens is 3. The number of amides is 1. The third kappa shape index (κ3) is 5.53. The van der Waals surface area contributed by atoms with Crippen LogP contribution in [0.15, 0.2) is 30.3 Å². The highest BCUT2D eigenvalue weighted by atomic mass is 19.3. The zero-order chi connectivity index (χ0) is 23.7. The molecule has 0 bridgehead atoms. The molecule has 2 aromatic rings. The van der Waals surface area contributed by atoms with Crippen molar-refractivity contribution in [1.82, 2.24) is 5.32 Å². The zero-order valence-electron chi connectivity index (χ0n) is 18.4. The van der Waals surface area contributed by atoms with Crippen LogP contribution < -0.4 is 10.1 Å². The molecule has 8 heteroatoms. The lowest BCUT2D eigenvalue weighted by Gasteiger charge is -2.29. The average molecular weight is 451 g/mol. The van der Waals surface area contributed by atoms with E-state index in [1.54, 1.807) is 26.8 Å². The van der Waals surface area contributed by atoms with E-state index in [2.05, 4.69) is 5.32 Å². The predicted octanol–water partition coefficient (Wildman–Crippen LogP) is 5.41. The van der Waals surface area contributed by atoms with Crippen LogP contribution in [0.4, 0.5) is 13.2 Å². The molecule has 0 aliphatic heterocycles. The molecule has 1 amide bonds. The maximum Gasteiger partial charge on any atom is 0.326 e. The first-order valence-corrected chi connectivity index (χ1v) is 10.6. The van der Waals surface area contributed by atoms with E-state index in [0.29, 0.717) is 23.6 Å². The SMILES string of the molecule is CC(C)(C)[C@H](NC(=O)c1ccc2cc(F)ccc2c1OCC1CCC(F)(F)CC1)C(=O)O. The van der Waals surface area contributed by atoms with Gasteiger partial charge >= 0.3 is 5.97 Å². The van der Waals surface area contributed by atoms with Crippen molar-refractivity contribution in [3.05, 3.63) is 41.7 Å². The van der Waals surface area contributed by atoms with Crippen LogP contribution in [0.3, 0.4) is 0 Å². The third-order valence-corrected chi connectivity index (χ3v) is 5.87. The van der Waals surface area contributed by atoms with Crippen molar-refractivity contribution in [1.29, 1.82) is 0 Å². The molecule has 0 heterocycles. The van der Waals surface area contributed by atoms with E-state index < -0.39 is 35.1 Å². The first-order chi connectivity index (χ1) is 14.9. The van der Waals surface area contributed by atoms with Gasteiger partial charge in [0.1, 0.15) is 17.6 Å². The van der Waals surface area contributed by atoms with E-state index in [1.807, 2.05) is 0 Å². The topological polar surface area (TPSA) is 75.6 Å². The molecule has 2 N–H and O–H groups in total. The number of carboxylic acid groups (broad SMARTS) is 1. The van der Waals surface area contributed by atoms with E-state index in [1.165, 1.54) is 24.3 Å². The van der Waals surface area contributed by atoms with Gasteiger partial charge in [-0.1, -0.05) is 26.8 Å². The van der Waals surface area contributed by atoms with Crippen LogP contribution in [0.1, 0.15) is 56.8 Å². The van der Waals surface area contributed by atoms with Crippen LogP contribution in [0.5, 0.6) is 5.75 Å². The first kappa shape index (κ1) is 23.9. The van der Waals surface area contributed by atoms with E-state index in [4.69, 9.17) is 4.74 Å². The maximum atomic E-state index is 13.7. The molecular formula is C24H28F3NO4. The number of rotatable bonds is 6. The fraction of sp³-hybridized carbons (Fsp3) is 0.500. The maximum absolute atomic E-state index is 13.7. The van der Waals surface area contributed by atoms with Crippen LogP contribution in [-0.2, 0) is 4.79 Å². The Morgan fingerprint density at radius 3 is 2.44 bits per heavy atom.